The molecule has 0 bridgehead atoms. The lowest BCUT2D eigenvalue weighted by atomic mass is 10.0. The minimum atomic E-state index is 0.735. The number of nitrogens with zero attached hydrogens (tertiary/aromatic N) is 2. The van der Waals surface area contributed by atoms with Crippen molar-refractivity contribution in [1.82, 2.24) is 9.80 Å². The third-order valence-electron chi connectivity index (χ3n) is 11.3. The molecule has 0 spiro atoms. The van der Waals surface area contributed by atoms with Gasteiger partial charge in [0.2, 0.25) is 0 Å². The van der Waals surface area contributed by atoms with Crippen LogP contribution in [0.3, 0.4) is 0 Å². The van der Waals surface area contributed by atoms with E-state index in [1.807, 2.05) is 0 Å². The lowest BCUT2D eigenvalue weighted by Crippen LogP contribution is -2.31. The van der Waals surface area contributed by atoms with E-state index in [0.29, 0.717) is 0 Å². The van der Waals surface area contributed by atoms with Crippen LogP contribution in [0.4, 0.5) is 0 Å². The Labute approximate surface area is 330 Å². The van der Waals surface area contributed by atoms with Crippen LogP contribution in [-0.4, -0.2) is 75.5 Å². The molecule has 0 radical (unpaired) electrons. The fraction of sp³-hybridized carbons (Fsp3) is 1.00. The van der Waals surface area contributed by atoms with E-state index in [1.165, 1.54) is 244 Å². The Morgan fingerprint density at radius 1 is 0.212 bits per heavy atom. The minimum absolute atomic E-state index is 0.735. The predicted octanol–water partition coefficient (Wildman–Crippen LogP) is 15.0. The van der Waals surface area contributed by atoms with Crippen LogP contribution < -0.4 is 0 Å². The highest BCUT2D eigenvalue weighted by Crippen LogP contribution is 2.14. The van der Waals surface area contributed by atoms with Crippen molar-refractivity contribution < 1.29 is 9.47 Å². The van der Waals surface area contributed by atoms with Crippen LogP contribution in [-0.2, 0) is 9.47 Å². The zero-order valence-corrected chi connectivity index (χ0v) is 36.8. The van der Waals surface area contributed by atoms with Crippen LogP contribution in [0.5, 0.6) is 0 Å². The standard InChI is InChI=1S/C48H100N2O2/c1-5-9-13-17-21-22-23-24-25-26-27-30-34-38-42-49(39-35-31-20-16-12-8-4)43-45-51-47-48-52-46-44-50(40-36-32-28-18-14-10-6-2)41-37-33-29-19-15-11-7-3/h5-48H2,1-4H3. The molecular formula is C48H100N2O2. The Kier molecular flexibility index (Phi) is 46.8. The van der Waals surface area contributed by atoms with Crippen molar-refractivity contribution in [3.8, 4) is 0 Å². The van der Waals surface area contributed by atoms with Gasteiger partial charge in [-0.1, -0.05) is 220 Å². The molecule has 0 N–H and O–H groups in total. The van der Waals surface area contributed by atoms with Gasteiger partial charge in [0.15, 0.2) is 0 Å². The number of ether oxygens (including phenoxy) is 2. The summed E-state index contributed by atoms with van der Waals surface area (Å²) in [7, 11) is 0. The van der Waals surface area contributed by atoms with Crippen LogP contribution in [0, 0.1) is 0 Å². The zero-order chi connectivity index (χ0) is 37.7. The van der Waals surface area contributed by atoms with Gasteiger partial charge in [-0.3, -0.25) is 0 Å². The molecule has 0 amide bonds. The van der Waals surface area contributed by atoms with E-state index in [9.17, 15) is 0 Å². The lowest BCUT2D eigenvalue weighted by molar-refractivity contribution is 0.0305. The Balaban J connectivity index is 4.18. The molecule has 0 fully saturated rings. The van der Waals surface area contributed by atoms with Crippen molar-refractivity contribution in [1.29, 1.82) is 0 Å². The van der Waals surface area contributed by atoms with Crippen molar-refractivity contribution >= 4 is 0 Å². The van der Waals surface area contributed by atoms with Crippen LogP contribution in [0.2, 0.25) is 0 Å². The Morgan fingerprint density at radius 3 is 0.615 bits per heavy atom. The predicted molar refractivity (Wildman–Crippen MR) is 234 cm³/mol. The number of rotatable bonds is 47. The SMILES string of the molecule is CCCCCCCCCCCCCCCCN(CCCCCCCC)CCOCCOCCN(CCCCCCCCC)CCCCCCCCC. The Morgan fingerprint density at radius 2 is 0.404 bits per heavy atom. The van der Waals surface area contributed by atoms with Crippen LogP contribution in [0.25, 0.3) is 0 Å². The summed E-state index contributed by atoms with van der Waals surface area (Å²) in [5.41, 5.74) is 0. The van der Waals surface area contributed by atoms with Gasteiger partial charge in [-0.25, -0.2) is 0 Å². The van der Waals surface area contributed by atoms with Crippen LogP contribution in [0.1, 0.15) is 246 Å². The van der Waals surface area contributed by atoms with E-state index in [4.69, 9.17) is 9.47 Å². The van der Waals surface area contributed by atoms with Gasteiger partial charge >= 0.3 is 0 Å². The maximum absolute atomic E-state index is 6.11. The number of hydrogen-bond acceptors (Lipinski definition) is 4. The molecule has 0 aliphatic heterocycles. The lowest BCUT2D eigenvalue weighted by Gasteiger charge is -2.23. The smallest absolute Gasteiger partial charge is 0.0701 e. The first kappa shape index (κ1) is 51.8. The number of hydrogen-bond donors (Lipinski definition) is 0. The average molecular weight is 737 g/mol. The van der Waals surface area contributed by atoms with Gasteiger partial charge in [-0.2, -0.15) is 0 Å². The van der Waals surface area contributed by atoms with Gasteiger partial charge in [-0.05, 0) is 51.9 Å². The summed E-state index contributed by atoms with van der Waals surface area (Å²) in [6.45, 7) is 19.6. The summed E-state index contributed by atoms with van der Waals surface area (Å²) in [5.74, 6) is 0. The fourth-order valence-corrected chi connectivity index (χ4v) is 7.61. The second-order valence-corrected chi connectivity index (χ2v) is 16.5. The van der Waals surface area contributed by atoms with Crippen molar-refractivity contribution in [3.05, 3.63) is 0 Å². The molecular weight excluding hydrogens is 637 g/mol. The minimum Gasteiger partial charge on any atom is -0.378 e. The maximum Gasteiger partial charge on any atom is 0.0701 e. The first-order valence-corrected chi connectivity index (χ1v) is 24.4. The molecule has 0 heterocycles. The molecule has 0 saturated heterocycles. The Hall–Kier alpha value is -0.160. The van der Waals surface area contributed by atoms with Crippen LogP contribution in [0.15, 0.2) is 0 Å². The molecule has 0 aliphatic carbocycles. The summed E-state index contributed by atoms with van der Waals surface area (Å²) in [5, 5.41) is 0. The van der Waals surface area contributed by atoms with E-state index in [1.54, 1.807) is 0 Å². The van der Waals surface area contributed by atoms with Gasteiger partial charge in [0.1, 0.15) is 0 Å². The summed E-state index contributed by atoms with van der Waals surface area (Å²) < 4.78 is 12.2. The molecule has 314 valence electrons. The summed E-state index contributed by atoms with van der Waals surface area (Å²) in [6.07, 6.45) is 47.8. The summed E-state index contributed by atoms with van der Waals surface area (Å²) in [6, 6.07) is 0. The van der Waals surface area contributed by atoms with Crippen molar-refractivity contribution in [2.24, 2.45) is 0 Å². The van der Waals surface area contributed by atoms with E-state index < -0.39 is 0 Å². The first-order chi connectivity index (χ1) is 25.8. The molecule has 0 aliphatic rings. The van der Waals surface area contributed by atoms with E-state index in [-0.39, 0.29) is 0 Å². The molecule has 0 aromatic rings. The molecule has 0 aromatic heterocycles. The van der Waals surface area contributed by atoms with E-state index in [2.05, 4.69) is 37.5 Å². The Bertz CT molecular complexity index is 599. The molecule has 0 rings (SSSR count). The monoisotopic (exact) mass is 737 g/mol. The van der Waals surface area contributed by atoms with Gasteiger partial charge in [0.05, 0.1) is 26.4 Å². The van der Waals surface area contributed by atoms with Crippen LogP contribution >= 0.6 is 0 Å². The second kappa shape index (κ2) is 47.0. The molecule has 0 atom stereocenters. The molecule has 0 unspecified atom stereocenters. The third-order valence-corrected chi connectivity index (χ3v) is 11.3. The third kappa shape index (κ3) is 42.6. The topological polar surface area (TPSA) is 24.9 Å². The normalized spacial score (nSPS) is 11.9. The molecule has 0 saturated carbocycles. The molecule has 4 heteroatoms. The zero-order valence-electron chi connectivity index (χ0n) is 36.8. The van der Waals surface area contributed by atoms with E-state index in [0.717, 1.165) is 39.5 Å². The largest absolute Gasteiger partial charge is 0.378 e. The van der Waals surface area contributed by atoms with Crippen molar-refractivity contribution in [2.45, 2.75) is 246 Å². The quantitative estimate of drug-likeness (QED) is 0.0581. The maximum atomic E-state index is 6.11. The highest BCUT2D eigenvalue weighted by molar-refractivity contribution is 4.62. The molecule has 4 nitrogen and oxygen atoms in total. The highest BCUT2D eigenvalue weighted by Gasteiger charge is 2.07. The summed E-state index contributed by atoms with van der Waals surface area (Å²) in [4.78, 5) is 5.39. The number of unbranched alkanes of at least 4 members (excludes halogenated alkanes) is 30. The molecule has 52 heavy (non-hydrogen) atoms. The first-order valence-electron chi connectivity index (χ1n) is 24.4. The van der Waals surface area contributed by atoms with Gasteiger partial charge in [0.25, 0.3) is 0 Å². The summed E-state index contributed by atoms with van der Waals surface area (Å²) >= 11 is 0. The van der Waals surface area contributed by atoms with Crippen molar-refractivity contribution in [3.63, 3.8) is 0 Å². The second-order valence-electron chi connectivity index (χ2n) is 16.5. The average Bonchev–Trinajstić information content (AvgIpc) is 3.15. The van der Waals surface area contributed by atoms with Gasteiger partial charge < -0.3 is 19.3 Å². The fourth-order valence-electron chi connectivity index (χ4n) is 7.61. The van der Waals surface area contributed by atoms with Crippen molar-refractivity contribution in [2.75, 3.05) is 65.7 Å². The highest BCUT2D eigenvalue weighted by atomic mass is 16.5. The van der Waals surface area contributed by atoms with Gasteiger partial charge in [-0.15, -0.1) is 0 Å². The molecule has 0 aromatic carbocycles. The van der Waals surface area contributed by atoms with Gasteiger partial charge in [0, 0.05) is 13.1 Å². The van der Waals surface area contributed by atoms with E-state index >= 15 is 0 Å².